The third kappa shape index (κ3) is 2.79. The molecule has 0 aliphatic heterocycles. The largest absolute Gasteiger partial charge is 0.347 e. The second-order valence-electron chi connectivity index (χ2n) is 4.51. The summed E-state index contributed by atoms with van der Waals surface area (Å²) >= 11 is 1.69. The molecule has 1 aromatic carbocycles. The van der Waals surface area contributed by atoms with Gasteiger partial charge in [-0.3, -0.25) is 0 Å². The van der Waals surface area contributed by atoms with Crippen LogP contribution in [0, 0.1) is 0 Å². The summed E-state index contributed by atoms with van der Waals surface area (Å²) in [5, 5.41) is 6.50. The number of hydrogen-bond donors (Lipinski definition) is 2. The molecule has 3 rings (SSSR count). The molecule has 0 bridgehead atoms. The molecule has 0 fully saturated rings. The van der Waals surface area contributed by atoms with Crippen molar-refractivity contribution >= 4 is 11.3 Å². The second kappa shape index (κ2) is 5.98. The molecule has 0 radical (unpaired) electrons. The molecule has 102 valence electrons. The summed E-state index contributed by atoms with van der Waals surface area (Å²) in [4.78, 5) is 12.2. The zero-order chi connectivity index (χ0) is 13.8. The first-order chi connectivity index (χ1) is 9.86. The summed E-state index contributed by atoms with van der Waals surface area (Å²) in [6.07, 6.45) is 4.45. The Morgan fingerprint density at radius 1 is 1.30 bits per heavy atom. The maximum Gasteiger partial charge on any atom is 0.123 e. The number of H-pyrrole nitrogens is 1. The van der Waals surface area contributed by atoms with E-state index in [1.165, 1.54) is 0 Å². The van der Waals surface area contributed by atoms with Gasteiger partial charge in [0, 0.05) is 29.8 Å². The monoisotopic (exact) mass is 284 g/mol. The molecule has 4 nitrogen and oxygen atoms in total. The first-order valence-electron chi connectivity index (χ1n) is 6.53. The van der Waals surface area contributed by atoms with Crippen molar-refractivity contribution < 1.29 is 0 Å². The Morgan fingerprint density at radius 3 is 2.85 bits per heavy atom. The fourth-order valence-corrected chi connectivity index (χ4v) is 2.97. The molecule has 2 heterocycles. The second-order valence-corrected chi connectivity index (χ2v) is 5.45. The van der Waals surface area contributed by atoms with E-state index in [1.807, 2.05) is 31.4 Å². The molecule has 3 aromatic rings. The van der Waals surface area contributed by atoms with E-state index in [0.29, 0.717) is 0 Å². The van der Waals surface area contributed by atoms with Crippen LogP contribution in [-0.4, -0.2) is 22.0 Å². The Balaban J connectivity index is 1.77. The van der Waals surface area contributed by atoms with E-state index in [4.69, 9.17) is 4.98 Å². The molecular formula is C15H16N4S. The minimum atomic E-state index is 0.166. The van der Waals surface area contributed by atoms with E-state index in [0.717, 1.165) is 28.5 Å². The summed E-state index contributed by atoms with van der Waals surface area (Å²) in [7, 11) is 1.94. The molecule has 2 N–H and O–H groups in total. The molecule has 5 heteroatoms. The summed E-state index contributed by atoms with van der Waals surface area (Å²) in [5.74, 6) is 0.948. The average Bonchev–Trinajstić information content (AvgIpc) is 3.17. The predicted molar refractivity (Wildman–Crippen MR) is 81.6 cm³/mol. The SMILES string of the molecule is CNC(Cc1nc(-c2ccccc2)cs1)c1ncc[nH]1. The molecular weight excluding hydrogens is 268 g/mol. The highest BCUT2D eigenvalue weighted by molar-refractivity contribution is 7.09. The summed E-state index contributed by atoms with van der Waals surface area (Å²) in [6, 6.07) is 10.4. The summed E-state index contributed by atoms with van der Waals surface area (Å²) < 4.78 is 0. The Bertz CT molecular complexity index is 646. The third-order valence-corrected chi connectivity index (χ3v) is 4.07. The van der Waals surface area contributed by atoms with Crippen molar-refractivity contribution in [3.63, 3.8) is 0 Å². The molecule has 0 aliphatic carbocycles. The van der Waals surface area contributed by atoms with Crippen molar-refractivity contribution in [3.05, 3.63) is 58.9 Å². The van der Waals surface area contributed by atoms with Gasteiger partial charge in [-0.15, -0.1) is 11.3 Å². The Hall–Kier alpha value is -1.98. The lowest BCUT2D eigenvalue weighted by atomic mass is 10.2. The van der Waals surface area contributed by atoms with Gasteiger partial charge in [-0.25, -0.2) is 9.97 Å². The van der Waals surface area contributed by atoms with Gasteiger partial charge in [0.25, 0.3) is 0 Å². The summed E-state index contributed by atoms with van der Waals surface area (Å²) in [6.45, 7) is 0. The fourth-order valence-electron chi connectivity index (χ4n) is 2.12. The molecule has 1 unspecified atom stereocenters. The van der Waals surface area contributed by atoms with Crippen molar-refractivity contribution in [1.29, 1.82) is 0 Å². The van der Waals surface area contributed by atoms with Gasteiger partial charge in [-0.05, 0) is 7.05 Å². The van der Waals surface area contributed by atoms with E-state index in [9.17, 15) is 0 Å². The smallest absolute Gasteiger partial charge is 0.123 e. The number of nitrogens with one attached hydrogen (secondary N) is 2. The van der Waals surface area contributed by atoms with Gasteiger partial charge in [0.2, 0.25) is 0 Å². The van der Waals surface area contributed by atoms with Gasteiger partial charge in [0.1, 0.15) is 5.82 Å². The average molecular weight is 284 g/mol. The molecule has 2 aromatic heterocycles. The van der Waals surface area contributed by atoms with Crippen molar-refractivity contribution in [3.8, 4) is 11.3 Å². The third-order valence-electron chi connectivity index (χ3n) is 3.20. The van der Waals surface area contributed by atoms with E-state index in [1.54, 1.807) is 17.5 Å². The van der Waals surface area contributed by atoms with Crippen LogP contribution in [0.15, 0.2) is 48.1 Å². The number of thiazole rings is 1. The van der Waals surface area contributed by atoms with E-state index < -0.39 is 0 Å². The number of aromatic amines is 1. The van der Waals surface area contributed by atoms with Gasteiger partial charge < -0.3 is 10.3 Å². The quantitative estimate of drug-likeness (QED) is 0.757. The number of rotatable bonds is 5. The van der Waals surface area contributed by atoms with Crippen LogP contribution in [0.2, 0.25) is 0 Å². The van der Waals surface area contributed by atoms with Gasteiger partial charge >= 0.3 is 0 Å². The van der Waals surface area contributed by atoms with Crippen molar-refractivity contribution in [2.45, 2.75) is 12.5 Å². The Morgan fingerprint density at radius 2 is 2.15 bits per heavy atom. The van der Waals surface area contributed by atoms with E-state index in [2.05, 4.69) is 32.8 Å². The van der Waals surface area contributed by atoms with Crippen molar-refractivity contribution in [2.75, 3.05) is 7.05 Å². The number of benzene rings is 1. The number of aromatic nitrogens is 3. The molecule has 0 aliphatic rings. The molecule has 1 atom stereocenters. The molecule has 0 saturated heterocycles. The van der Waals surface area contributed by atoms with Crippen LogP contribution >= 0.6 is 11.3 Å². The normalized spacial score (nSPS) is 12.4. The Kier molecular flexibility index (Phi) is 3.90. The maximum atomic E-state index is 4.71. The number of hydrogen-bond acceptors (Lipinski definition) is 4. The van der Waals surface area contributed by atoms with Gasteiger partial charge in [-0.1, -0.05) is 30.3 Å². The number of likely N-dealkylation sites (N-methyl/N-ethyl adjacent to an activating group) is 1. The topological polar surface area (TPSA) is 53.6 Å². The Labute approximate surface area is 121 Å². The van der Waals surface area contributed by atoms with Crippen LogP contribution < -0.4 is 5.32 Å². The van der Waals surface area contributed by atoms with Crippen LogP contribution in [-0.2, 0) is 6.42 Å². The van der Waals surface area contributed by atoms with Crippen LogP contribution in [0.25, 0.3) is 11.3 Å². The minimum absolute atomic E-state index is 0.166. The molecule has 0 spiro atoms. The predicted octanol–water partition coefficient (Wildman–Crippen LogP) is 3.04. The first kappa shape index (κ1) is 13.0. The van der Waals surface area contributed by atoms with Gasteiger partial charge in [-0.2, -0.15) is 0 Å². The highest BCUT2D eigenvalue weighted by atomic mass is 32.1. The van der Waals surface area contributed by atoms with Crippen LogP contribution in [0.5, 0.6) is 0 Å². The zero-order valence-corrected chi connectivity index (χ0v) is 12.0. The van der Waals surface area contributed by atoms with Gasteiger partial charge in [0.05, 0.1) is 16.7 Å². The lowest BCUT2D eigenvalue weighted by Gasteiger charge is -2.11. The number of nitrogens with zero attached hydrogens (tertiary/aromatic N) is 2. The summed E-state index contributed by atoms with van der Waals surface area (Å²) in [5.41, 5.74) is 2.20. The van der Waals surface area contributed by atoms with Crippen molar-refractivity contribution in [1.82, 2.24) is 20.3 Å². The highest BCUT2D eigenvalue weighted by Gasteiger charge is 2.15. The molecule has 20 heavy (non-hydrogen) atoms. The van der Waals surface area contributed by atoms with Crippen molar-refractivity contribution in [2.24, 2.45) is 0 Å². The molecule has 0 saturated carbocycles. The highest BCUT2D eigenvalue weighted by Crippen LogP contribution is 2.24. The zero-order valence-electron chi connectivity index (χ0n) is 11.2. The van der Waals surface area contributed by atoms with E-state index in [-0.39, 0.29) is 6.04 Å². The van der Waals surface area contributed by atoms with Crippen LogP contribution in [0.1, 0.15) is 16.9 Å². The standard InChI is InChI=1S/C15H16N4S/c1-16-12(15-17-7-8-18-15)9-14-19-13(10-20-14)11-5-3-2-4-6-11/h2-8,10,12,16H,9H2,1H3,(H,17,18). The minimum Gasteiger partial charge on any atom is -0.347 e. The van der Waals surface area contributed by atoms with Gasteiger partial charge in [0.15, 0.2) is 0 Å². The lowest BCUT2D eigenvalue weighted by Crippen LogP contribution is -2.20. The first-order valence-corrected chi connectivity index (χ1v) is 7.41. The van der Waals surface area contributed by atoms with Crippen LogP contribution in [0.4, 0.5) is 0 Å². The lowest BCUT2D eigenvalue weighted by molar-refractivity contribution is 0.562. The number of imidazole rings is 1. The van der Waals surface area contributed by atoms with E-state index >= 15 is 0 Å². The fraction of sp³-hybridized carbons (Fsp3) is 0.200. The molecule has 0 amide bonds. The van der Waals surface area contributed by atoms with Crippen LogP contribution in [0.3, 0.4) is 0 Å². The maximum absolute atomic E-state index is 4.71.